The zero-order valence-electron chi connectivity index (χ0n) is 17.6. The van der Waals surface area contributed by atoms with Gasteiger partial charge in [-0.05, 0) is 37.6 Å². The SMILES string of the molecule is CCN1CCCC1CNC(=NC)NCC(c1ccccc1Cl)N1CCOCC1.I. The van der Waals surface area contributed by atoms with Gasteiger partial charge in [-0.3, -0.25) is 14.8 Å². The molecule has 8 heteroatoms. The van der Waals surface area contributed by atoms with E-state index in [-0.39, 0.29) is 30.0 Å². The highest BCUT2D eigenvalue weighted by Gasteiger charge is 2.25. The molecule has 6 nitrogen and oxygen atoms in total. The number of likely N-dealkylation sites (N-methyl/N-ethyl adjacent to an activating group) is 1. The molecule has 2 saturated heterocycles. The van der Waals surface area contributed by atoms with Crippen LogP contribution in [-0.4, -0.2) is 81.3 Å². The number of rotatable bonds is 7. The molecular weight excluding hydrogens is 501 g/mol. The maximum absolute atomic E-state index is 6.53. The molecule has 0 spiro atoms. The van der Waals surface area contributed by atoms with E-state index in [2.05, 4.69) is 44.5 Å². The van der Waals surface area contributed by atoms with E-state index in [0.717, 1.165) is 62.5 Å². The van der Waals surface area contributed by atoms with Crippen LogP contribution in [0, 0.1) is 0 Å². The summed E-state index contributed by atoms with van der Waals surface area (Å²) in [4.78, 5) is 9.42. The second-order valence-electron chi connectivity index (χ2n) is 7.44. The number of morpholine rings is 1. The molecule has 2 atom stereocenters. The number of nitrogens with one attached hydrogen (secondary N) is 2. The highest BCUT2D eigenvalue weighted by Crippen LogP contribution is 2.27. The summed E-state index contributed by atoms with van der Waals surface area (Å²) in [7, 11) is 1.83. The number of aliphatic imine (C=N–C) groups is 1. The van der Waals surface area contributed by atoms with Crippen molar-refractivity contribution in [1.29, 1.82) is 0 Å². The van der Waals surface area contributed by atoms with Crippen LogP contribution < -0.4 is 10.6 Å². The fourth-order valence-electron chi connectivity index (χ4n) is 4.24. The summed E-state index contributed by atoms with van der Waals surface area (Å²) in [6, 6.07) is 8.92. The molecule has 2 heterocycles. The van der Waals surface area contributed by atoms with Crippen LogP contribution in [0.3, 0.4) is 0 Å². The zero-order chi connectivity index (χ0) is 19.8. The third-order valence-electron chi connectivity index (χ3n) is 5.85. The largest absolute Gasteiger partial charge is 0.379 e. The Kier molecular flexibility index (Phi) is 11.0. The highest BCUT2D eigenvalue weighted by molar-refractivity contribution is 14.0. The van der Waals surface area contributed by atoms with Gasteiger partial charge in [0.1, 0.15) is 0 Å². The molecule has 2 fully saturated rings. The van der Waals surface area contributed by atoms with Gasteiger partial charge in [0.2, 0.25) is 0 Å². The lowest BCUT2D eigenvalue weighted by Gasteiger charge is -2.35. The van der Waals surface area contributed by atoms with Gasteiger partial charge in [-0.2, -0.15) is 0 Å². The second kappa shape index (κ2) is 12.9. The molecule has 0 bridgehead atoms. The zero-order valence-corrected chi connectivity index (χ0v) is 20.7. The minimum absolute atomic E-state index is 0. The number of likely N-dealkylation sites (tertiary alicyclic amines) is 1. The standard InChI is InChI=1S/C21H34ClN5O.HI/c1-3-26-10-6-7-17(26)15-24-21(23-2)25-16-20(27-11-13-28-14-12-27)18-8-4-5-9-19(18)22;/h4-5,8-9,17,20H,3,6-7,10-16H2,1-2H3,(H2,23,24,25);1H. The lowest BCUT2D eigenvalue weighted by molar-refractivity contribution is 0.0170. The van der Waals surface area contributed by atoms with Crippen molar-refractivity contribution in [3.05, 3.63) is 34.9 Å². The molecule has 2 aliphatic heterocycles. The van der Waals surface area contributed by atoms with Crippen LogP contribution in [0.1, 0.15) is 31.4 Å². The van der Waals surface area contributed by atoms with Crippen molar-refractivity contribution in [2.45, 2.75) is 31.8 Å². The maximum Gasteiger partial charge on any atom is 0.191 e. The summed E-state index contributed by atoms with van der Waals surface area (Å²) >= 11 is 6.53. The van der Waals surface area contributed by atoms with Gasteiger partial charge in [0.25, 0.3) is 0 Å². The quantitative estimate of drug-likeness (QED) is 0.319. The number of ether oxygens (including phenoxy) is 1. The predicted octanol–water partition coefficient (Wildman–Crippen LogP) is 2.98. The Hall–Kier alpha value is -0.610. The van der Waals surface area contributed by atoms with E-state index in [4.69, 9.17) is 16.3 Å². The molecule has 2 aliphatic rings. The van der Waals surface area contributed by atoms with Gasteiger partial charge in [0.15, 0.2) is 5.96 Å². The highest BCUT2D eigenvalue weighted by atomic mass is 127. The fraction of sp³-hybridized carbons (Fsp3) is 0.667. The Morgan fingerprint density at radius 2 is 2.00 bits per heavy atom. The monoisotopic (exact) mass is 535 g/mol. The topological polar surface area (TPSA) is 52.1 Å². The number of nitrogens with zero attached hydrogens (tertiary/aromatic N) is 3. The molecule has 2 unspecified atom stereocenters. The minimum atomic E-state index is 0. The third-order valence-corrected chi connectivity index (χ3v) is 6.19. The number of guanidine groups is 1. The normalized spacial score (nSPS) is 22.2. The minimum Gasteiger partial charge on any atom is -0.379 e. The first-order chi connectivity index (χ1) is 13.7. The Labute approximate surface area is 197 Å². The van der Waals surface area contributed by atoms with Crippen LogP contribution in [0.5, 0.6) is 0 Å². The molecule has 164 valence electrons. The van der Waals surface area contributed by atoms with E-state index in [1.165, 1.54) is 19.4 Å². The number of halogens is 2. The molecule has 29 heavy (non-hydrogen) atoms. The summed E-state index contributed by atoms with van der Waals surface area (Å²) in [6.07, 6.45) is 2.55. The molecule has 0 aromatic heterocycles. The van der Waals surface area contributed by atoms with E-state index in [9.17, 15) is 0 Å². The van der Waals surface area contributed by atoms with E-state index >= 15 is 0 Å². The smallest absolute Gasteiger partial charge is 0.191 e. The lowest BCUT2D eigenvalue weighted by Crippen LogP contribution is -2.48. The van der Waals surface area contributed by atoms with Gasteiger partial charge in [-0.15, -0.1) is 24.0 Å². The van der Waals surface area contributed by atoms with E-state index in [1.54, 1.807) is 0 Å². The van der Waals surface area contributed by atoms with Crippen molar-refractivity contribution in [3.63, 3.8) is 0 Å². The number of hydrogen-bond donors (Lipinski definition) is 2. The molecule has 3 rings (SSSR count). The molecule has 1 aromatic carbocycles. The Morgan fingerprint density at radius 1 is 1.24 bits per heavy atom. The lowest BCUT2D eigenvalue weighted by atomic mass is 10.0. The Balaban J connectivity index is 0.00000300. The van der Waals surface area contributed by atoms with Gasteiger partial charge < -0.3 is 15.4 Å². The van der Waals surface area contributed by atoms with Crippen molar-refractivity contribution < 1.29 is 4.74 Å². The molecule has 0 amide bonds. The van der Waals surface area contributed by atoms with E-state index in [0.29, 0.717) is 6.04 Å². The van der Waals surface area contributed by atoms with Gasteiger partial charge in [0.05, 0.1) is 19.3 Å². The Bertz CT molecular complexity index is 641. The third kappa shape index (κ3) is 6.95. The van der Waals surface area contributed by atoms with Crippen molar-refractivity contribution in [3.8, 4) is 0 Å². The van der Waals surface area contributed by atoms with Crippen LogP contribution in [0.4, 0.5) is 0 Å². The summed E-state index contributed by atoms with van der Waals surface area (Å²) in [5.74, 6) is 0.855. The summed E-state index contributed by atoms with van der Waals surface area (Å²) in [5.41, 5.74) is 1.15. The van der Waals surface area contributed by atoms with Crippen LogP contribution in [0.2, 0.25) is 5.02 Å². The van der Waals surface area contributed by atoms with Crippen LogP contribution in [0.15, 0.2) is 29.3 Å². The van der Waals surface area contributed by atoms with Crippen molar-refractivity contribution in [2.75, 3.05) is 59.5 Å². The summed E-state index contributed by atoms with van der Waals surface area (Å²) < 4.78 is 5.54. The van der Waals surface area contributed by atoms with E-state index in [1.807, 2.05) is 19.2 Å². The summed E-state index contributed by atoms with van der Waals surface area (Å²) in [6.45, 7) is 9.61. The van der Waals surface area contributed by atoms with Crippen molar-refractivity contribution in [2.24, 2.45) is 4.99 Å². The number of benzene rings is 1. The van der Waals surface area contributed by atoms with Crippen LogP contribution in [-0.2, 0) is 4.74 Å². The Morgan fingerprint density at radius 3 is 2.69 bits per heavy atom. The first-order valence-corrected chi connectivity index (χ1v) is 10.9. The van der Waals surface area contributed by atoms with Gasteiger partial charge >= 0.3 is 0 Å². The van der Waals surface area contributed by atoms with Gasteiger partial charge in [-0.25, -0.2) is 0 Å². The molecule has 0 radical (unpaired) electrons. The van der Waals surface area contributed by atoms with Crippen molar-refractivity contribution >= 4 is 41.5 Å². The van der Waals surface area contributed by atoms with Crippen molar-refractivity contribution in [1.82, 2.24) is 20.4 Å². The average molecular weight is 536 g/mol. The van der Waals surface area contributed by atoms with Crippen LogP contribution in [0.25, 0.3) is 0 Å². The fourth-order valence-corrected chi connectivity index (χ4v) is 4.50. The number of hydrogen-bond acceptors (Lipinski definition) is 4. The molecular formula is C21H35ClIN5O. The molecule has 1 aromatic rings. The maximum atomic E-state index is 6.53. The van der Waals surface area contributed by atoms with Gasteiger partial charge in [0, 0.05) is 44.3 Å². The summed E-state index contributed by atoms with van der Waals surface area (Å²) in [5, 5.41) is 7.86. The molecule has 0 aliphatic carbocycles. The first-order valence-electron chi connectivity index (χ1n) is 10.5. The first kappa shape index (κ1) is 24.7. The predicted molar refractivity (Wildman–Crippen MR) is 132 cm³/mol. The molecule has 2 N–H and O–H groups in total. The second-order valence-corrected chi connectivity index (χ2v) is 7.85. The van der Waals surface area contributed by atoms with Crippen LogP contribution >= 0.6 is 35.6 Å². The average Bonchev–Trinajstić information content (AvgIpc) is 3.20. The van der Waals surface area contributed by atoms with Gasteiger partial charge in [-0.1, -0.05) is 36.7 Å². The molecule has 0 saturated carbocycles. The van der Waals surface area contributed by atoms with E-state index < -0.39 is 0 Å².